The molecule has 3 heteroatoms. The van der Waals surface area contributed by atoms with E-state index in [1.165, 1.54) is 64.4 Å². The Balaban J connectivity index is 1.28. The van der Waals surface area contributed by atoms with Gasteiger partial charge in [-0.15, -0.1) is 11.3 Å². The summed E-state index contributed by atoms with van der Waals surface area (Å²) in [5.74, 6) is 0. The van der Waals surface area contributed by atoms with E-state index in [2.05, 4.69) is 149 Å². The van der Waals surface area contributed by atoms with E-state index in [0.29, 0.717) is 0 Å². The van der Waals surface area contributed by atoms with Gasteiger partial charge in [0.05, 0.1) is 11.0 Å². The van der Waals surface area contributed by atoms with E-state index in [9.17, 15) is 0 Å². The van der Waals surface area contributed by atoms with Gasteiger partial charge in [0.15, 0.2) is 0 Å². The second-order valence-corrected chi connectivity index (χ2v) is 12.4. The van der Waals surface area contributed by atoms with Gasteiger partial charge in [0, 0.05) is 60.2 Å². The Morgan fingerprint density at radius 2 is 1.05 bits per heavy atom. The predicted octanol–water partition coefficient (Wildman–Crippen LogP) is 11.5. The third-order valence-electron chi connectivity index (χ3n) is 8.67. The Kier molecular flexibility index (Phi) is 5.71. The largest absolute Gasteiger partial charge is 0.309 e. The Labute approximate surface area is 259 Å². The maximum atomic E-state index is 4.62. The van der Waals surface area contributed by atoms with Crippen LogP contribution in [0.1, 0.15) is 0 Å². The van der Waals surface area contributed by atoms with Gasteiger partial charge in [-0.05, 0) is 70.8 Å². The number of nitrogens with zero attached hydrogens (tertiary/aromatic N) is 2. The van der Waals surface area contributed by atoms with Crippen LogP contribution in [0.15, 0.2) is 158 Å². The second kappa shape index (κ2) is 10.0. The lowest BCUT2D eigenvalue weighted by molar-refractivity contribution is 1.19. The van der Waals surface area contributed by atoms with E-state index in [1.54, 1.807) is 0 Å². The standard InChI is InChI=1S/C41H26N2S/c1-3-9-27(10-4-1)30-15-18-34-36-22-29(32-21-31(25-42-26-32)28-11-5-2-6-12-28)16-19-38(36)43(39(34)23-30)33-17-20-41-37(24-33)35-13-7-8-14-40(35)44-41/h1-26H. The van der Waals surface area contributed by atoms with Crippen molar-refractivity contribution in [1.29, 1.82) is 0 Å². The number of benzene rings is 6. The van der Waals surface area contributed by atoms with Crippen LogP contribution in [-0.2, 0) is 0 Å². The first-order valence-electron chi connectivity index (χ1n) is 14.9. The van der Waals surface area contributed by atoms with Crippen LogP contribution in [0.4, 0.5) is 0 Å². The number of pyridine rings is 1. The molecule has 0 aliphatic heterocycles. The molecule has 0 aliphatic carbocycles. The summed E-state index contributed by atoms with van der Waals surface area (Å²) in [4.78, 5) is 4.62. The van der Waals surface area contributed by atoms with Crippen molar-refractivity contribution in [2.45, 2.75) is 0 Å². The average molecular weight is 579 g/mol. The first-order chi connectivity index (χ1) is 21.8. The van der Waals surface area contributed by atoms with Gasteiger partial charge >= 0.3 is 0 Å². The minimum atomic E-state index is 1.11. The molecule has 0 saturated heterocycles. The zero-order valence-corrected chi connectivity index (χ0v) is 24.6. The lowest BCUT2D eigenvalue weighted by Gasteiger charge is -2.10. The van der Waals surface area contributed by atoms with Crippen LogP contribution in [-0.4, -0.2) is 9.55 Å². The highest BCUT2D eigenvalue weighted by Gasteiger charge is 2.16. The molecule has 0 bridgehead atoms. The molecular formula is C41H26N2S. The van der Waals surface area contributed by atoms with Gasteiger partial charge in [-0.25, -0.2) is 0 Å². The summed E-state index contributed by atoms with van der Waals surface area (Å²) in [6.45, 7) is 0. The quantitative estimate of drug-likeness (QED) is 0.203. The highest BCUT2D eigenvalue weighted by atomic mass is 32.1. The van der Waals surface area contributed by atoms with Crippen molar-refractivity contribution in [3.05, 3.63) is 158 Å². The van der Waals surface area contributed by atoms with Crippen LogP contribution >= 0.6 is 11.3 Å². The van der Waals surface area contributed by atoms with Gasteiger partial charge in [0.1, 0.15) is 0 Å². The number of rotatable bonds is 4. The van der Waals surface area contributed by atoms with Gasteiger partial charge in [-0.2, -0.15) is 0 Å². The molecule has 0 unspecified atom stereocenters. The van der Waals surface area contributed by atoms with Crippen molar-refractivity contribution in [3.8, 4) is 39.1 Å². The smallest absolute Gasteiger partial charge is 0.0547 e. The Bertz CT molecular complexity index is 2490. The Hall–Kier alpha value is -5.51. The number of fused-ring (bicyclic) bond motifs is 6. The molecule has 9 rings (SSSR count). The molecule has 0 N–H and O–H groups in total. The molecule has 0 aliphatic rings. The summed E-state index contributed by atoms with van der Waals surface area (Å²) in [5, 5.41) is 5.09. The molecule has 0 radical (unpaired) electrons. The first kappa shape index (κ1) is 25.0. The fourth-order valence-electron chi connectivity index (χ4n) is 6.53. The van der Waals surface area contributed by atoms with Crippen molar-refractivity contribution in [1.82, 2.24) is 9.55 Å². The summed E-state index contributed by atoms with van der Waals surface area (Å²) in [6.07, 6.45) is 3.91. The number of thiophene rings is 1. The molecule has 2 nitrogen and oxygen atoms in total. The van der Waals surface area contributed by atoms with Gasteiger partial charge < -0.3 is 4.57 Å². The van der Waals surface area contributed by atoms with Crippen LogP contribution in [0.5, 0.6) is 0 Å². The Morgan fingerprint density at radius 1 is 0.386 bits per heavy atom. The summed E-state index contributed by atoms with van der Waals surface area (Å²) >= 11 is 1.86. The normalized spacial score (nSPS) is 11.6. The number of hydrogen-bond acceptors (Lipinski definition) is 2. The topological polar surface area (TPSA) is 17.8 Å². The second-order valence-electron chi connectivity index (χ2n) is 11.3. The van der Waals surface area contributed by atoms with Crippen LogP contribution in [0, 0.1) is 0 Å². The first-order valence-corrected chi connectivity index (χ1v) is 15.7. The van der Waals surface area contributed by atoms with E-state index in [1.807, 2.05) is 29.8 Å². The van der Waals surface area contributed by atoms with E-state index in [0.717, 1.165) is 16.7 Å². The molecule has 0 fully saturated rings. The monoisotopic (exact) mass is 578 g/mol. The van der Waals surface area contributed by atoms with Crippen LogP contribution < -0.4 is 0 Å². The lowest BCUT2D eigenvalue weighted by atomic mass is 10.00. The lowest BCUT2D eigenvalue weighted by Crippen LogP contribution is -1.94. The van der Waals surface area contributed by atoms with Gasteiger partial charge in [0.2, 0.25) is 0 Å². The fraction of sp³-hybridized carbons (Fsp3) is 0. The molecule has 3 aromatic heterocycles. The zero-order valence-electron chi connectivity index (χ0n) is 23.8. The van der Waals surface area contributed by atoms with Crippen LogP contribution in [0.2, 0.25) is 0 Å². The summed E-state index contributed by atoms with van der Waals surface area (Å²) in [5.41, 5.74) is 10.6. The third kappa shape index (κ3) is 4.05. The predicted molar refractivity (Wildman–Crippen MR) is 188 cm³/mol. The van der Waals surface area contributed by atoms with Crippen LogP contribution in [0.25, 0.3) is 81.0 Å². The minimum Gasteiger partial charge on any atom is -0.309 e. The van der Waals surface area contributed by atoms with E-state index < -0.39 is 0 Å². The van der Waals surface area contributed by atoms with E-state index >= 15 is 0 Å². The van der Waals surface area contributed by atoms with Crippen molar-refractivity contribution in [2.24, 2.45) is 0 Å². The van der Waals surface area contributed by atoms with Gasteiger partial charge in [-0.3, -0.25) is 4.98 Å². The van der Waals surface area contributed by atoms with Gasteiger partial charge in [-0.1, -0.05) is 97.1 Å². The van der Waals surface area contributed by atoms with Crippen molar-refractivity contribution < 1.29 is 0 Å². The Morgan fingerprint density at radius 3 is 1.86 bits per heavy atom. The molecule has 0 saturated carbocycles. The maximum absolute atomic E-state index is 4.62. The summed E-state index contributed by atoms with van der Waals surface area (Å²) in [6, 6.07) is 52.7. The number of aromatic nitrogens is 2. The molecule has 6 aromatic carbocycles. The summed E-state index contributed by atoms with van der Waals surface area (Å²) < 4.78 is 5.07. The molecular weight excluding hydrogens is 553 g/mol. The van der Waals surface area contributed by atoms with E-state index in [4.69, 9.17) is 0 Å². The number of hydrogen-bond donors (Lipinski definition) is 0. The molecule has 9 aromatic rings. The van der Waals surface area contributed by atoms with E-state index in [-0.39, 0.29) is 0 Å². The van der Waals surface area contributed by atoms with Crippen molar-refractivity contribution >= 4 is 53.3 Å². The molecule has 0 spiro atoms. The maximum Gasteiger partial charge on any atom is 0.0547 e. The molecule has 3 heterocycles. The molecule has 0 atom stereocenters. The average Bonchev–Trinajstić information content (AvgIpc) is 3.63. The van der Waals surface area contributed by atoms with Crippen molar-refractivity contribution in [2.75, 3.05) is 0 Å². The van der Waals surface area contributed by atoms with Crippen LogP contribution in [0.3, 0.4) is 0 Å². The molecule has 44 heavy (non-hydrogen) atoms. The summed E-state index contributed by atoms with van der Waals surface area (Å²) in [7, 11) is 0. The zero-order chi connectivity index (χ0) is 29.0. The molecule has 206 valence electrons. The third-order valence-corrected chi connectivity index (χ3v) is 9.82. The molecule has 0 amide bonds. The SMILES string of the molecule is c1ccc(-c2cncc(-c3ccc4c(c3)c3ccc(-c5ccccc5)cc3n4-c3ccc4sc5ccccc5c4c3)c2)cc1. The highest BCUT2D eigenvalue weighted by Crippen LogP contribution is 2.40. The van der Waals surface area contributed by atoms with Gasteiger partial charge in [0.25, 0.3) is 0 Å². The fourth-order valence-corrected chi connectivity index (χ4v) is 7.61. The highest BCUT2D eigenvalue weighted by molar-refractivity contribution is 7.25. The van der Waals surface area contributed by atoms with Crippen molar-refractivity contribution in [3.63, 3.8) is 0 Å². The minimum absolute atomic E-state index is 1.11.